The summed E-state index contributed by atoms with van der Waals surface area (Å²) in [7, 11) is 0. The molecule has 1 aromatic carbocycles. The third-order valence-electron chi connectivity index (χ3n) is 2.16. The highest BCUT2D eigenvalue weighted by molar-refractivity contribution is 5.32. The van der Waals surface area contributed by atoms with Gasteiger partial charge in [0.2, 0.25) is 0 Å². The van der Waals surface area contributed by atoms with Crippen LogP contribution in [0.15, 0.2) is 53.4 Å². The molecule has 0 spiro atoms. The fourth-order valence-corrected chi connectivity index (χ4v) is 1.36. The first-order chi connectivity index (χ1) is 8.39. The first kappa shape index (κ1) is 6.62. The van der Waals surface area contributed by atoms with E-state index in [0.717, 1.165) is 0 Å². The Morgan fingerprint density at radius 2 is 2.07 bits per heavy atom. The topological polar surface area (TPSA) is 22.0 Å². The molecule has 1 aromatic heterocycles. The zero-order valence-electron chi connectivity index (χ0n) is 11.4. The highest BCUT2D eigenvalue weighted by Crippen LogP contribution is 2.05. The molecule has 15 heavy (non-hydrogen) atoms. The van der Waals surface area contributed by atoms with Gasteiger partial charge in [-0.25, -0.2) is 0 Å². The maximum Gasteiger partial charge on any atom is 0.255 e. The maximum absolute atomic E-state index is 11.9. The Morgan fingerprint density at radius 1 is 1.33 bits per heavy atom. The minimum absolute atomic E-state index is 0.206. The monoisotopic (exact) mass is 202 g/mol. The van der Waals surface area contributed by atoms with E-state index in [1.165, 1.54) is 23.8 Å². The third kappa shape index (κ3) is 1.99. The molecular weight excluding hydrogens is 186 g/mol. The summed E-state index contributed by atoms with van der Waals surface area (Å²) in [6.45, 7) is 1.40. The van der Waals surface area contributed by atoms with Gasteiger partial charge in [-0.05, 0) is 24.1 Å². The molecule has 76 valence electrons. The largest absolute Gasteiger partial charge is 0.284 e. The number of hydrogen-bond acceptors (Lipinski definition) is 1. The van der Waals surface area contributed by atoms with Gasteiger partial charge in [-0.2, -0.15) is 0 Å². The van der Waals surface area contributed by atoms with Crippen molar-refractivity contribution in [3.05, 3.63) is 64.6 Å². The average Bonchev–Trinajstić information content (AvgIpc) is 2.32. The Hall–Kier alpha value is -1.83. The van der Waals surface area contributed by atoms with Gasteiger partial charge in [0.25, 0.3) is 5.56 Å². The number of nitrogens with zero attached hydrogens (tertiary/aromatic N) is 1. The lowest BCUT2D eigenvalue weighted by Crippen LogP contribution is -2.16. The molecule has 0 aliphatic carbocycles. The van der Waals surface area contributed by atoms with E-state index in [2.05, 4.69) is 0 Å². The molecule has 2 rings (SSSR count). The van der Waals surface area contributed by atoms with Gasteiger partial charge in [0.05, 0.1) is 1.37 Å². The van der Waals surface area contributed by atoms with Crippen LogP contribution in [-0.2, 0) is 6.37 Å². The summed E-state index contributed by atoms with van der Waals surface area (Å²) in [4.78, 5) is 11.9. The second-order valence-electron chi connectivity index (χ2n) is 3.13. The number of hydrogen-bond donors (Lipinski definition) is 0. The minimum atomic E-state index is -1.58. The predicted octanol–water partition coefficient (Wildman–Crippen LogP) is 2.40. The van der Waals surface area contributed by atoms with Gasteiger partial charge in [-0.1, -0.05) is 31.2 Å². The van der Waals surface area contributed by atoms with Crippen LogP contribution in [0.4, 0.5) is 0 Å². The quantitative estimate of drug-likeness (QED) is 0.733. The number of benzene rings is 1. The molecule has 0 unspecified atom stereocenters. The van der Waals surface area contributed by atoms with Crippen molar-refractivity contribution in [2.24, 2.45) is 0 Å². The van der Waals surface area contributed by atoms with E-state index in [4.69, 9.17) is 4.11 Å². The average molecular weight is 202 g/mol. The molecule has 0 aliphatic heterocycles. The van der Waals surface area contributed by atoms with Crippen molar-refractivity contribution in [1.29, 1.82) is 0 Å². The number of aryl methyl sites for hydroxylation is 1. The normalized spacial score (nSPS) is 14.1. The zero-order valence-corrected chi connectivity index (χ0v) is 8.40. The van der Waals surface area contributed by atoms with E-state index in [1.54, 1.807) is 24.3 Å². The van der Waals surface area contributed by atoms with Crippen LogP contribution in [0.25, 0.3) is 5.69 Å². The molecular formula is C13H13NO. The van der Waals surface area contributed by atoms with E-state index in [9.17, 15) is 4.79 Å². The van der Waals surface area contributed by atoms with Crippen LogP contribution < -0.4 is 5.56 Å². The van der Waals surface area contributed by atoms with E-state index < -0.39 is 11.9 Å². The highest BCUT2D eigenvalue weighted by atomic mass is 16.1. The van der Waals surface area contributed by atoms with Gasteiger partial charge >= 0.3 is 0 Å². The summed E-state index contributed by atoms with van der Waals surface area (Å²) >= 11 is 0. The molecule has 0 bridgehead atoms. The molecule has 0 fully saturated rings. The smallest absolute Gasteiger partial charge is 0.255 e. The first-order valence-electron chi connectivity index (χ1n) is 6.19. The molecule has 0 N–H and O–H groups in total. The molecule has 1 heterocycles. The van der Waals surface area contributed by atoms with Gasteiger partial charge in [0.15, 0.2) is 0 Å². The lowest BCUT2D eigenvalue weighted by Gasteiger charge is -2.06. The van der Waals surface area contributed by atoms with E-state index in [1.807, 2.05) is 6.07 Å². The van der Waals surface area contributed by atoms with Crippen LogP contribution in [0.5, 0.6) is 0 Å². The summed E-state index contributed by atoms with van der Waals surface area (Å²) in [6, 6.07) is 9.98. The van der Waals surface area contributed by atoms with E-state index in [0.29, 0.717) is 11.3 Å². The third-order valence-corrected chi connectivity index (χ3v) is 2.16. The minimum Gasteiger partial charge on any atom is -0.284 e. The Kier molecular flexibility index (Phi) is 1.82. The fraction of sp³-hybridized carbons (Fsp3) is 0.154. The summed E-state index contributed by atoms with van der Waals surface area (Å²) in [5.41, 5.74) is 0.493. The van der Waals surface area contributed by atoms with Crippen molar-refractivity contribution in [1.82, 2.24) is 4.57 Å². The van der Waals surface area contributed by atoms with E-state index in [-0.39, 0.29) is 6.04 Å². The summed E-state index contributed by atoms with van der Waals surface area (Å²) in [5.74, 6) is 0. The number of rotatable bonds is 2. The molecule has 0 amide bonds. The SMILES string of the molecule is [2H]c1cc(C([2H])([2H])C)cn(-c2ccccc2)c1=O. The fourth-order valence-electron chi connectivity index (χ4n) is 1.36. The molecule has 2 aromatic rings. The van der Waals surface area contributed by atoms with Crippen LogP contribution in [-0.4, -0.2) is 4.57 Å². The van der Waals surface area contributed by atoms with E-state index >= 15 is 0 Å². The highest BCUT2D eigenvalue weighted by Gasteiger charge is 1.99. The van der Waals surface area contributed by atoms with Crippen LogP contribution in [0.2, 0.25) is 0 Å². The van der Waals surface area contributed by atoms with Crippen molar-refractivity contribution in [3.8, 4) is 5.69 Å². The molecule has 2 nitrogen and oxygen atoms in total. The van der Waals surface area contributed by atoms with Crippen LogP contribution in [0.3, 0.4) is 0 Å². The molecule has 0 saturated carbocycles. The standard InChI is InChI=1S/C13H13NO/c1-2-11-8-9-13(15)14(10-11)12-6-4-3-5-7-12/h3-10H,2H2,1H3/i2D2,9D. The second-order valence-corrected chi connectivity index (χ2v) is 3.13. The molecule has 2 heteroatoms. The first-order valence-corrected chi connectivity index (χ1v) is 4.69. The van der Waals surface area contributed by atoms with Crippen molar-refractivity contribution >= 4 is 0 Å². The zero-order chi connectivity index (χ0) is 13.3. The second kappa shape index (κ2) is 4.13. The number of pyridine rings is 1. The number of aromatic nitrogens is 1. The Labute approximate surface area is 93.0 Å². The van der Waals surface area contributed by atoms with Crippen molar-refractivity contribution in [3.63, 3.8) is 0 Å². The molecule has 0 saturated heterocycles. The summed E-state index contributed by atoms with van der Waals surface area (Å²) < 4.78 is 24.3. The predicted molar refractivity (Wildman–Crippen MR) is 61.4 cm³/mol. The Balaban J connectivity index is 2.68. The molecule has 0 aliphatic rings. The Morgan fingerprint density at radius 3 is 2.73 bits per heavy atom. The van der Waals surface area contributed by atoms with Crippen molar-refractivity contribution < 1.29 is 4.11 Å². The number of para-hydroxylation sites is 1. The summed E-state index contributed by atoms with van der Waals surface area (Å²) in [6.07, 6.45) is -0.129. The van der Waals surface area contributed by atoms with Gasteiger partial charge in [0.1, 0.15) is 0 Å². The van der Waals surface area contributed by atoms with Crippen LogP contribution in [0.1, 0.15) is 16.6 Å². The van der Waals surface area contributed by atoms with Gasteiger partial charge in [0, 0.05) is 20.7 Å². The summed E-state index contributed by atoms with van der Waals surface area (Å²) in [5, 5.41) is 0. The van der Waals surface area contributed by atoms with Crippen molar-refractivity contribution in [2.45, 2.75) is 13.3 Å². The van der Waals surface area contributed by atoms with Crippen LogP contribution >= 0.6 is 0 Å². The molecule has 0 radical (unpaired) electrons. The van der Waals surface area contributed by atoms with Gasteiger partial charge < -0.3 is 0 Å². The van der Waals surface area contributed by atoms with Crippen molar-refractivity contribution in [2.75, 3.05) is 0 Å². The lowest BCUT2D eigenvalue weighted by molar-refractivity contribution is 0.953. The Bertz CT molecular complexity index is 614. The molecule has 0 atom stereocenters. The van der Waals surface area contributed by atoms with Gasteiger partial charge in [-0.15, -0.1) is 0 Å². The maximum atomic E-state index is 11.9. The van der Waals surface area contributed by atoms with Gasteiger partial charge in [-0.3, -0.25) is 9.36 Å². The lowest BCUT2D eigenvalue weighted by atomic mass is 10.2. The van der Waals surface area contributed by atoms with Crippen LogP contribution in [0, 0.1) is 0 Å².